The van der Waals surface area contributed by atoms with Crippen molar-refractivity contribution in [3.05, 3.63) is 53.5 Å². The Labute approximate surface area is 129 Å². The summed E-state index contributed by atoms with van der Waals surface area (Å²) in [6.07, 6.45) is 20.2. The Kier molecular flexibility index (Phi) is 3.24. The van der Waals surface area contributed by atoms with Gasteiger partial charge in [0.1, 0.15) is 0 Å². The molecular formula is C21H27. The third kappa shape index (κ3) is 1.94. The second-order valence-electron chi connectivity index (χ2n) is 7.56. The van der Waals surface area contributed by atoms with Gasteiger partial charge >= 0.3 is 0 Å². The van der Waals surface area contributed by atoms with Crippen molar-refractivity contribution in [3.8, 4) is 0 Å². The summed E-state index contributed by atoms with van der Waals surface area (Å²) in [6.45, 7) is 6.46. The van der Waals surface area contributed by atoms with E-state index in [1.54, 1.807) is 22.6 Å². The van der Waals surface area contributed by atoms with Crippen molar-refractivity contribution in [3.63, 3.8) is 0 Å². The van der Waals surface area contributed by atoms with E-state index < -0.39 is 0 Å². The first-order valence-corrected chi connectivity index (χ1v) is 8.82. The van der Waals surface area contributed by atoms with Gasteiger partial charge in [-0.2, -0.15) is 0 Å². The van der Waals surface area contributed by atoms with Crippen LogP contribution in [-0.4, -0.2) is 0 Å². The van der Waals surface area contributed by atoms with E-state index in [0.717, 1.165) is 18.3 Å². The molecule has 0 unspecified atom stereocenters. The van der Waals surface area contributed by atoms with Crippen molar-refractivity contribution in [2.75, 3.05) is 0 Å². The summed E-state index contributed by atoms with van der Waals surface area (Å²) in [5.41, 5.74) is 5.48. The lowest BCUT2D eigenvalue weighted by molar-refractivity contribution is 0.220. The average Bonchev–Trinajstić information content (AvgIpc) is 2.84. The number of fused-ring (bicyclic) bond motifs is 4. The smallest absolute Gasteiger partial charge is 0.00441 e. The molecule has 0 N–H and O–H groups in total. The molecule has 1 fully saturated rings. The molecule has 0 bridgehead atoms. The van der Waals surface area contributed by atoms with Crippen molar-refractivity contribution < 1.29 is 0 Å². The summed E-state index contributed by atoms with van der Waals surface area (Å²) in [6, 6.07) is 0. The predicted octanol–water partition coefficient (Wildman–Crippen LogP) is 5.94. The van der Waals surface area contributed by atoms with Crippen molar-refractivity contribution in [1.82, 2.24) is 0 Å². The fraction of sp³-hybridized carbons (Fsp3) is 0.571. The SMILES string of the molecule is C=CC[C]1CC[C@H]2[C@@H]3CCC4=CCCCC4=C3C=C[C@]12C. The standard InChI is InChI=1S/C21H27/c1-3-6-16-10-12-20-19-11-9-15-7-4-5-8-17(15)18(19)13-14-21(16,20)2/h3,7,13-14,19-20H,1,4-6,8-12H2,2H3/t19-,20+,21-/m1/s1. The lowest BCUT2D eigenvalue weighted by atomic mass is 9.59. The van der Waals surface area contributed by atoms with E-state index in [0.29, 0.717) is 5.41 Å². The van der Waals surface area contributed by atoms with E-state index in [2.05, 4.69) is 37.8 Å². The quantitative estimate of drug-likeness (QED) is 0.549. The van der Waals surface area contributed by atoms with Crippen molar-refractivity contribution in [2.24, 2.45) is 17.3 Å². The summed E-state index contributed by atoms with van der Waals surface area (Å²) >= 11 is 0. The molecule has 0 aromatic carbocycles. The molecule has 0 nitrogen and oxygen atoms in total. The van der Waals surface area contributed by atoms with Gasteiger partial charge in [0.05, 0.1) is 0 Å². The Balaban J connectivity index is 1.75. The molecule has 21 heavy (non-hydrogen) atoms. The molecule has 0 aliphatic heterocycles. The molecule has 4 aliphatic rings. The molecule has 0 amide bonds. The molecule has 0 aromatic heterocycles. The second-order valence-corrected chi connectivity index (χ2v) is 7.56. The van der Waals surface area contributed by atoms with Crippen LogP contribution in [0.1, 0.15) is 58.3 Å². The maximum atomic E-state index is 3.97. The third-order valence-corrected chi connectivity index (χ3v) is 6.66. The zero-order valence-electron chi connectivity index (χ0n) is 13.3. The molecule has 3 atom stereocenters. The monoisotopic (exact) mass is 279 g/mol. The molecule has 0 spiro atoms. The predicted molar refractivity (Wildman–Crippen MR) is 89.7 cm³/mol. The fourth-order valence-electron chi connectivity index (χ4n) is 5.53. The Hall–Kier alpha value is -1.04. The highest BCUT2D eigenvalue weighted by Crippen LogP contribution is 2.61. The maximum Gasteiger partial charge on any atom is -0.00441 e. The zero-order chi connectivity index (χ0) is 14.4. The van der Waals surface area contributed by atoms with Crippen LogP contribution in [0.3, 0.4) is 0 Å². The van der Waals surface area contributed by atoms with E-state index in [1.165, 1.54) is 44.9 Å². The summed E-state index contributed by atoms with van der Waals surface area (Å²) in [7, 11) is 0. The van der Waals surface area contributed by atoms with Crippen molar-refractivity contribution in [1.29, 1.82) is 0 Å². The van der Waals surface area contributed by atoms with Gasteiger partial charge in [-0.1, -0.05) is 31.2 Å². The van der Waals surface area contributed by atoms with Gasteiger partial charge in [-0.3, -0.25) is 0 Å². The Bertz CT molecular complexity index is 544. The van der Waals surface area contributed by atoms with Gasteiger partial charge in [-0.05, 0) is 91.3 Å². The maximum absolute atomic E-state index is 3.97. The Morgan fingerprint density at radius 3 is 3.05 bits per heavy atom. The van der Waals surface area contributed by atoms with Crippen molar-refractivity contribution >= 4 is 0 Å². The van der Waals surface area contributed by atoms with Crippen LogP contribution >= 0.6 is 0 Å². The van der Waals surface area contributed by atoms with Crippen LogP contribution in [0.25, 0.3) is 0 Å². The summed E-state index contributed by atoms with van der Waals surface area (Å²) in [4.78, 5) is 0. The molecule has 4 rings (SSSR count). The van der Waals surface area contributed by atoms with Crippen LogP contribution in [0.5, 0.6) is 0 Å². The van der Waals surface area contributed by atoms with E-state index in [1.807, 2.05) is 0 Å². The average molecular weight is 279 g/mol. The number of allylic oxidation sites excluding steroid dienone is 7. The topological polar surface area (TPSA) is 0 Å². The van der Waals surface area contributed by atoms with Gasteiger partial charge in [0.15, 0.2) is 0 Å². The van der Waals surface area contributed by atoms with Crippen LogP contribution in [0.2, 0.25) is 0 Å². The first-order valence-electron chi connectivity index (χ1n) is 8.82. The lowest BCUT2D eigenvalue weighted by Crippen LogP contribution is -2.36. The molecule has 0 heteroatoms. The molecule has 0 aromatic rings. The van der Waals surface area contributed by atoms with E-state index in [4.69, 9.17) is 0 Å². The summed E-state index contributed by atoms with van der Waals surface area (Å²) < 4.78 is 0. The highest BCUT2D eigenvalue weighted by atomic mass is 14.5. The zero-order valence-corrected chi connectivity index (χ0v) is 13.3. The summed E-state index contributed by atoms with van der Waals surface area (Å²) in [5, 5.41) is 0. The molecule has 111 valence electrons. The molecule has 1 radical (unpaired) electrons. The van der Waals surface area contributed by atoms with Crippen LogP contribution in [0.15, 0.2) is 47.6 Å². The largest absolute Gasteiger partial charge is 0.103 e. The van der Waals surface area contributed by atoms with Crippen LogP contribution in [-0.2, 0) is 0 Å². The molecular weight excluding hydrogens is 252 g/mol. The molecule has 1 saturated carbocycles. The van der Waals surface area contributed by atoms with Crippen LogP contribution in [0, 0.1) is 23.2 Å². The van der Waals surface area contributed by atoms with E-state index in [-0.39, 0.29) is 0 Å². The fourth-order valence-corrected chi connectivity index (χ4v) is 5.53. The molecule has 4 aliphatic carbocycles. The third-order valence-electron chi connectivity index (χ3n) is 6.66. The second kappa shape index (κ2) is 5.00. The normalized spacial score (nSPS) is 38.6. The minimum absolute atomic E-state index is 0.346. The molecule has 0 heterocycles. The van der Waals surface area contributed by atoms with Gasteiger partial charge in [0.2, 0.25) is 0 Å². The molecule has 0 saturated heterocycles. The van der Waals surface area contributed by atoms with Gasteiger partial charge in [-0.15, -0.1) is 6.58 Å². The van der Waals surface area contributed by atoms with Gasteiger partial charge in [0, 0.05) is 0 Å². The lowest BCUT2D eigenvalue weighted by Gasteiger charge is -2.45. The van der Waals surface area contributed by atoms with E-state index >= 15 is 0 Å². The first-order chi connectivity index (χ1) is 10.2. The van der Waals surface area contributed by atoms with Gasteiger partial charge in [-0.25, -0.2) is 0 Å². The van der Waals surface area contributed by atoms with Gasteiger partial charge in [0.25, 0.3) is 0 Å². The Morgan fingerprint density at radius 2 is 2.19 bits per heavy atom. The minimum atomic E-state index is 0.346. The van der Waals surface area contributed by atoms with Crippen LogP contribution in [0.4, 0.5) is 0 Å². The van der Waals surface area contributed by atoms with Crippen molar-refractivity contribution in [2.45, 2.75) is 58.3 Å². The van der Waals surface area contributed by atoms with Crippen LogP contribution < -0.4 is 0 Å². The summed E-state index contributed by atoms with van der Waals surface area (Å²) in [5.74, 6) is 3.41. The number of hydrogen-bond donors (Lipinski definition) is 0. The Morgan fingerprint density at radius 1 is 1.29 bits per heavy atom. The van der Waals surface area contributed by atoms with E-state index in [9.17, 15) is 0 Å². The number of hydrogen-bond acceptors (Lipinski definition) is 0. The highest BCUT2D eigenvalue weighted by molar-refractivity contribution is 5.49. The van der Waals surface area contributed by atoms with Gasteiger partial charge < -0.3 is 0 Å². The highest BCUT2D eigenvalue weighted by Gasteiger charge is 2.51. The first kappa shape index (κ1) is 13.6. The number of rotatable bonds is 2. The minimum Gasteiger partial charge on any atom is -0.103 e.